The fourth-order valence-electron chi connectivity index (χ4n) is 4.02. The summed E-state index contributed by atoms with van der Waals surface area (Å²) >= 11 is 0. The smallest absolute Gasteiger partial charge is 0.254 e. The number of ether oxygens (including phenoxy) is 1. The van der Waals surface area contributed by atoms with E-state index in [1.54, 1.807) is 0 Å². The Labute approximate surface area is 170 Å². The van der Waals surface area contributed by atoms with Crippen molar-refractivity contribution in [3.05, 3.63) is 65.5 Å². The van der Waals surface area contributed by atoms with E-state index in [2.05, 4.69) is 17.1 Å². The topological polar surface area (TPSA) is 55.6 Å². The Morgan fingerprint density at radius 3 is 2.69 bits per heavy atom. The van der Waals surface area contributed by atoms with E-state index in [4.69, 9.17) is 9.15 Å². The SMILES string of the molecule is O=C(c1ccc2oc(Cc3ccccc3)nc2c1)N(CC1CC1)C[C@H]1CCCO1. The van der Waals surface area contributed by atoms with Gasteiger partial charge in [-0.3, -0.25) is 4.79 Å². The summed E-state index contributed by atoms with van der Waals surface area (Å²) in [6, 6.07) is 15.7. The molecule has 2 heterocycles. The molecule has 0 N–H and O–H groups in total. The Kier molecular flexibility index (Phi) is 5.06. The Hall–Kier alpha value is -2.66. The maximum atomic E-state index is 13.2. The lowest BCUT2D eigenvalue weighted by atomic mass is 10.1. The molecule has 150 valence electrons. The van der Waals surface area contributed by atoms with Crippen LogP contribution in [0.2, 0.25) is 0 Å². The number of nitrogens with zero attached hydrogens (tertiary/aromatic N) is 2. The lowest BCUT2D eigenvalue weighted by Crippen LogP contribution is -2.38. The van der Waals surface area contributed by atoms with E-state index in [-0.39, 0.29) is 12.0 Å². The maximum absolute atomic E-state index is 13.2. The maximum Gasteiger partial charge on any atom is 0.254 e. The summed E-state index contributed by atoms with van der Waals surface area (Å²) in [7, 11) is 0. The van der Waals surface area contributed by atoms with E-state index in [1.165, 1.54) is 12.8 Å². The van der Waals surface area contributed by atoms with Crippen molar-refractivity contribution in [1.29, 1.82) is 0 Å². The number of carbonyl (C=O) groups excluding carboxylic acids is 1. The van der Waals surface area contributed by atoms with Crippen molar-refractivity contribution < 1.29 is 13.9 Å². The third-order valence-corrected chi connectivity index (χ3v) is 5.79. The average Bonchev–Trinajstić information content (AvgIpc) is 3.23. The van der Waals surface area contributed by atoms with Gasteiger partial charge in [0.2, 0.25) is 0 Å². The van der Waals surface area contributed by atoms with Gasteiger partial charge in [-0.15, -0.1) is 0 Å². The quantitative estimate of drug-likeness (QED) is 0.598. The van der Waals surface area contributed by atoms with Gasteiger partial charge in [-0.1, -0.05) is 30.3 Å². The van der Waals surface area contributed by atoms with Gasteiger partial charge in [0, 0.05) is 31.7 Å². The average molecular weight is 390 g/mol. The second-order valence-corrected chi connectivity index (χ2v) is 8.24. The van der Waals surface area contributed by atoms with Crippen molar-refractivity contribution in [3.63, 3.8) is 0 Å². The lowest BCUT2D eigenvalue weighted by Gasteiger charge is -2.25. The molecule has 2 fully saturated rings. The monoisotopic (exact) mass is 390 g/mol. The second kappa shape index (κ2) is 7.99. The predicted octanol–water partition coefficient (Wildman–Crippen LogP) is 4.45. The van der Waals surface area contributed by atoms with Crippen LogP contribution in [-0.4, -0.2) is 41.6 Å². The third-order valence-electron chi connectivity index (χ3n) is 5.79. The van der Waals surface area contributed by atoms with Crippen LogP contribution < -0.4 is 0 Å². The molecule has 1 aliphatic heterocycles. The number of hydrogen-bond donors (Lipinski definition) is 0. The largest absolute Gasteiger partial charge is 0.440 e. The van der Waals surface area contributed by atoms with E-state index in [0.29, 0.717) is 30.3 Å². The summed E-state index contributed by atoms with van der Waals surface area (Å²) in [5.41, 5.74) is 3.30. The minimum atomic E-state index is 0.0712. The highest BCUT2D eigenvalue weighted by Crippen LogP contribution is 2.31. The summed E-state index contributed by atoms with van der Waals surface area (Å²) in [5.74, 6) is 1.39. The number of fused-ring (bicyclic) bond motifs is 1. The Morgan fingerprint density at radius 2 is 1.93 bits per heavy atom. The van der Waals surface area contributed by atoms with Crippen molar-refractivity contribution in [3.8, 4) is 0 Å². The van der Waals surface area contributed by atoms with Crippen LogP contribution in [0.25, 0.3) is 11.1 Å². The van der Waals surface area contributed by atoms with Crippen LogP contribution >= 0.6 is 0 Å². The number of aromatic nitrogens is 1. The molecule has 29 heavy (non-hydrogen) atoms. The van der Waals surface area contributed by atoms with E-state index in [9.17, 15) is 4.79 Å². The fourth-order valence-corrected chi connectivity index (χ4v) is 4.02. The number of rotatable bonds is 7. The van der Waals surface area contributed by atoms with Crippen LogP contribution in [0.4, 0.5) is 0 Å². The van der Waals surface area contributed by atoms with Crippen LogP contribution in [0.1, 0.15) is 47.5 Å². The van der Waals surface area contributed by atoms with Crippen molar-refractivity contribution >= 4 is 17.0 Å². The van der Waals surface area contributed by atoms with Gasteiger partial charge in [-0.25, -0.2) is 4.98 Å². The van der Waals surface area contributed by atoms with Gasteiger partial charge < -0.3 is 14.1 Å². The van der Waals surface area contributed by atoms with E-state index < -0.39 is 0 Å². The number of hydrogen-bond acceptors (Lipinski definition) is 4. The van der Waals surface area contributed by atoms with E-state index in [1.807, 2.05) is 41.3 Å². The molecule has 0 radical (unpaired) electrons. The van der Waals surface area contributed by atoms with Crippen LogP contribution in [0.5, 0.6) is 0 Å². The third kappa shape index (κ3) is 4.35. The van der Waals surface area contributed by atoms with Crippen molar-refractivity contribution in [1.82, 2.24) is 9.88 Å². The first-order valence-corrected chi connectivity index (χ1v) is 10.6. The molecule has 1 saturated heterocycles. The summed E-state index contributed by atoms with van der Waals surface area (Å²) in [6.07, 6.45) is 5.39. The first-order valence-electron chi connectivity index (χ1n) is 10.6. The minimum Gasteiger partial charge on any atom is -0.440 e. The molecule has 5 rings (SSSR count). The Bertz CT molecular complexity index is 988. The zero-order chi connectivity index (χ0) is 19.6. The van der Waals surface area contributed by atoms with Crippen LogP contribution in [0, 0.1) is 5.92 Å². The standard InChI is InChI=1S/C24H26N2O3/c27-24(26(15-18-8-9-18)16-20-7-4-12-28-20)19-10-11-22-21(14-19)25-23(29-22)13-17-5-2-1-3-6-17/h1-3,5-6,10-11,14,18,20H,4,7-9,12-13,15-16H2/t20-/m1/s1. The van der Waals surface area contributed by atoms with E-state index in [0.717, 1.165) is 42.7 Å². The molecule has 0 spiro atoms. The van der Waals surface area contributed by atoms with Crippen molar-refractivity contribution in [2.45, 2.75) is 38.2 Å². The molecule has 1 atom stereocenters. The first kappa shape index (κ1) is 18.4. The van der Waals surface area contributed by atoms with Crippen LogP contribution in [0.15, 0.2) is 52.9 Å². The van der Waals surface area contributed by atoms with Gasteiger partial charge in [0.05, 0.1) is 6.10 Å². The molecular weight excluding hydrogens is 364 g/mol. The van der Waals surface area contributed by atoms with Crippen molar-refractivity contribution in [2.75, 3.05) is 19.7 Å². The summed E-state index contributed by atoms with van der Waals surface area (Å²) in [6.45, 7) is 2.32. The van der Waals surface area contributed by atoms with Crippen LogP contribution in [0.3, 0.4) is 0 Å². The van der Waals surface area contributed by atoms with Crippen LogP contribution in [-0.2, 0) is 11.2 Å². The number of amides is 1. The van der Waals surface area contributed by atoms with Gasteiger partial charge in [-0.05, 0) is 55.4 Å². The molecule has 5 nitrogen and oxygen atoms in total. The van der Waals surface area contributed by atoms with Gasteiger partial charge in [0.25, 0.3) is 5.91 Å². The molecule has 1 amide bonds. The molecule has 2 aromatic carbocycles. The van der Waals surface area contributed by atoms with Crippen molar-refractivity contribution in [2.24, 2.45) is 5.92 Å². The fraction of sp³-hybridized carbons (Fsp3) is 0.417. The molecule has 1 aliphatic carbocycles. The zero-order valence-electron chi connectivity index (χ0n) is 16.5. The highest BCUT2D eigenvalue weighted by molar-refractivity contribution is 5.97. The highest BCUT2D eigenvalue weighted by Gasteiger charge is 2.30. The zero-order valence-corrected chi connectivity index (χ0v) is 16.5. The minimum absolute atomic E-state index is 0.0712. The number of benzene rings is 2. The number of oxazole rings is 1. The van der Waals surface area contributed by atoms with Gasteiger partial charge >= 0.3 is 0 Å². The summed E-state index contributed by atoms with van der Waals surface area (Å²) in [5, 5.41) is 0. The molecule has 1 aromatic heterocycles. The normalized spacial score (nSPS) is 19.0. The van der Waals surface area contributed by atoms with Gasteiger partial charge in [0.15, 0.2) is 11.5 Å². The summed E-state index contributed by atoms with van der Waals surface area (Å²) < 4.78 is 11.7. The molecular formula is C24H26N2O3. The summed E-state index contributed by atoms with van der Waals surface area (Å²) in [4.78, 5) is 19.9. The second-order valence-electron chi connectivity index (χ2n) is 8.24. The Morgan fingerprint density at radius 1 is 1.07 bits per heavy atom. The predicted molar refractivity (Wildman–Crippen MR) is 111 cm³/mol. The number of carbonyl (C=O) groups is 1. The first-order chi connectivity index (χ1) is 14.2. The van der Waals surface area contributed by atoms with Gasteiger partial charge in [-0.2, -0.15) is 0 Å². The molecule has 2 aliphatic rings. The lowest BCUT2D eigenvalue weighted by molar-refractivity contribution is 0.0515. The molecule has 1 saturated carbocycles. The highest BCUT2D eigenvalue weighted by atomic mass is 16.5. The van der Waals surface area contributed by atoms with E-state index >= 15 is 0 Å². The molecule has 0 bridgehead atoms. The van der Waals surface area contributed by atoms with Gasteiger partial charge in [0.1, 0.15) is 5.52 Å². The molecule has 0 unspecified atom stereocenters. The Balaban J connectivity index is 1.35. The molecule has 5 heteroatoms. The molecule has 3 aromatic rings.